The Kier molecular flexibility index (Phi) is 8.39. The van der Waals surface area contributed by atoms with Crippen molar-refractivity contribution in [2.24, 2.45) is 9.98 Å². The summed E-state index contributed by atoms with van der Waals surface area (Å²) in [5.41, 5.74) is 0. The second-order valence-electron chi connectivity index (χ2n) is 2.57. The van der Waals surface area contributed by atoms with Crippen molar-refractivity contribution in [2.45, 2.75) is 0 Å². The van der Waals surface area contributed by atoms with Gasteiger partial charge >= 0.3 is 10.4 Å². The zero-order chi connectivity index (χ0) is 12.3. The van der Waals surface area contributed by atoms with E-state index in [1.54, 1.807) is 12.7 Å². The van der Waals surface area contributed by atoms with Gasteiger partial charge in [-0.05, 0) is 0 Å². The molecule has 94 valence electrons. The van der Waals surface area contributed by atoms with Crippen LogP contribution in [-0.2, 0) is 14.6 Å². The van der Waals surface area contributed by atoms with Gasteiger partial charge in [-0.15, -0.1) is 0 Å². The number of hydrogen-bond donors (Lipinski definition) is 3. The van der Waals surface area contributed by atoms with Gasteiger partial charge in [-0.25, -0.2) is 0 Å². The molecule has 0 radical (unpaired) electrons. The Bertz CT molecular complexity index is 286. The van der Waals surface area contributed by atoms with Crippen LogP contribution in [0, 0.1) is 0 Å². The first-order valence-corrected chi connectivity index (χ1v) is 5.89. The summed E-state index contributed by atoms with van der Waals surface area (Å²) < 4.78 is 29.7. The Morgan fingerprint density at radius 3 is 1.62 bits per heavy atom. The van der Waals surface area contributed by atoms with Gasteiger partial charge in [0.05, 0.1) is 32.9 Å². The van der Waals surface area contributed by atoms with Crippen LogP contribution in [-0.4, -0.2) is 58.9 Å². The minimum absolute atomic E-state index is 0.870. The third kappa shape index (κ3) is 12.8. The molecule has 0 saturated carbocycles. The molecule has 2 aliphatic heterocycles. The Labute approximate surface area is 94.8 Å². The molecule has 0 aliphatic carbocycles. The lowest BCUT2D eigenvalue weighted by Gasteiger charge is -1.82. The highest BCUT2D eigenvalue weighted by molar-refractivity contribution is 7.80. The van der Waals surface area contributed by atoms with Crippen LogP contribution in [0.1, 0.15) is 0 Å². The van der Waals surface area contributed by atoms with Crippen LogP contribution in [0.2, 0.25) is 0 Å². The Morgan fingerprint density at radius 1 is 1.19 bits per heavy atom. The molecule has 3 N–H and O–H groups in total. The van der Waals surface area contributed by atoms with Gasteiger partial charge in [-0.3, -0.25) is 18.7 Å². The van der Waals surface area contributed by atoms with Gasteiger partial charge in [-0.2, -0.15) is 8.42 Å². The van der Waals surface area contributed by atoms with Crippen molar-refractivity contribution in [2.75, 3.05) is 33.3 Å². The van der Waals surface area contributed by atoms with E-state index in [1.807, 2.05) is 0 Å². The lowest BCUT2D eigenvalue weighted by Crippen LogP contribution is -2.04. The van der Waals surface area contributed by atoms with Crippen LogP contribution in [0.25, 0.3) is 0 Å². The van der Waals surface area contributed by atoms with Crippen LogP contribution in [0.3, 0.4) is 0 Å². The monoisotopic (exact) mass is 252 g/mol. The predicted octanol–water partition coefficient (Wildman–Crippen LogP) is -1.33. The van der Waals surface area contributed by atoms with Crippen molar-refractivity contribution in [1.82, 2.24) is 10.6 Å². The molecule has 0 aromatic heterocycles. The van der Waals surface area contributed by atoms with Gasteiger partial charge in [0.2, 0.25) is 0 Å². The number of nitrogens with one attached hydrogen (secondary N) is 2. The number of hydrogen-bond acceptors (Lipinski definition) is 7. The second-order valence-corrected chi connectivity index (χ2v) is 3.76. The van der Waals surface area contributed by atoms with Crippen molar-refractivity contribution >= 4 is 23.1 Å². The van der Waals surface area contributed by atoms with E-state index in [0.717, 1.165) is 33.3 Å². The van der Waals surface area contributed by atoms with Crippen molar-refractivity contribution in [3.8, 4) is 0 Å². The average Bonchev–Trinajstić information content (AvgIpc) is 2.95. The van der Waals surface area contributed by atoms with Crippen LogP contribution in [0.5, 0.6) is 0 Å². The van der Waals surface area contributed by atoms with E-state index < -0.39 is 10.4 Å². The maximum atomic E-state index is 9.33. The molecule has 0 aromatic carbocycles. The first-order chi connectivity index (χ1) is 7.56. The first-order valence-electron chi connectivity index (χ1n) is 4.52. The van der Waals surface area contributed by atoms with Gasteiger partial charge in [0.1, 0.15) is 0 Å². The zero-order valence-electron chi connectivity index (χ0n) is 8.96. The quantitative estimate of drug-likeness (QED) is 0.498. The molecule has 2 rings (SSSR count). The Balaban J connectivity index is 0.000000211. The SMILES string of the molecule is C1=NCCN1.C1=NCCN1.COS(=O)(=O)O. The normalized spacial score (nSPS) is 16.4. The Morgan fingerprint density at radius 2 is 1.56 bits per heavy atom. The zero-order valence-corrected chi connectivity index (χ0v) is 9.77. The summed E-state index contributed by atoms with van der Waals surface area (Å²) in [6.45, 7) is 3.97. The summed E-state index contributed by atoms with van der Waals surface area (Å²) in [6, 6.07) is 0. The maximum absolute atomic E-state index is 9.33. The molecule has 0 bridgehead atoms. The van der Waals surface area contributed by atoms with Crippen molar-refractivity contribution in [1.29, 1.82) is 0 Å². The van der Waals surface area contributed by atoms with E-state index in [0.29, 0.717) is 0 Å². The minimum atomic E-state index is -4.16. The minimum Gasteiger partial charge on any atom is -0.375 e. The van der Waals surface area contributed by atoms with Gasteiger partial charge < -0.3 is 10.6 Å². The van der Waals surface area contributed by atoms with Crippen LogP contribution < -0.4 is 10.6 Å². The van der Waals surface area contributed by atoms with E-state index >= 15 is 0 Å². The summed E-state index contributed by atoms with van der Waals surface area (Å²) >= 11 is 0. The molecule has 2 heterocycles. The molecule has 0 spiro atoms. The van der Waals surface area contributed by atoms with E-state index in [4.69, 9.17) is 4.55 Å². The van der Waals surface area contributed by atoms with E-state index in [1.165, 1.54) is 0 Å². The molecular weight excluding hydrogens is 236 g/mol. The molecule has 0 aromatic rings. The lowest BCUT2D eigenvalue weighted by molar-refractivity contribution is 0.324. The van der Waals surface area contributed by atoms with Crippen LogP contribution >= 0.6 is 0 Å². The van der Waals surface area contributed by atoms with Crippen molar-refractivity contribution in [3.63, 3.8) is 0 Å². The van der Waals surface area contributed by atoms with Crippen molar-refractivity contribution in [3.05, 3.63) is 0 Å². The Hall–Kier alpha value is -1.19. The number of rotatable bonds is 1. The molecule has 0 atom stereocenters. The fourth-order valence-corrected chi connectivity index (χ4v) is 0.645. The summed E-state index contributed by atoms with van der Waals surface area (Å²) in [5.74, 6) is 0. The third-order valence-electron chi connectivity index (χ3n) is 1.35. The fourth-order valence-electron chi connectivity index (χ4n) is 0.645. The predicted molar refractivity (Wildman–Crippen MR) is 61.3 cm³/mol. The van der Waals surface area contributed by atoms with Gasteiger partial charge in [0, 0.05) is 13.1 Å². The summed E-state index contributed by atoms with van der Waals surface area (Å²) in [6.07, 6.45) is 3.47. The molecule has 2 aliphatic rings. The first kappa shape index (κ1) is 14.8. The highest BCUT2D eigenvalue weighted by Crippen LogP contribution is 1.75. The molecule has 0 unspecified atom stereocenters. The van der Waals surface area contributed by atoms with Gasteiger partial charge in [0.15, 0.2) is 0 Å². The van der Waals surface area contributed by atoms with Gasteiger partial charge in [0.25, 0.3) is 0 Å². The summed E-state index contributed by atoms with van der Waals surface area (Å²) in [4.78, 5) is 7.69. The highest BCUT2D eigenvalue weighted by Gasteiger charge is 1.94. The van der Waals surface area contributed by atoms with E-state index in [-0.39, 0.29) is 0 Å². The largest absolute Gasteiger partial charge is 0.397 e. The molecule has 16 heavy (non-hydrogen) atoms. The van der Waals surface area contributed by atoms with Gasteiger partial charge in [-0.1, -0.05) is 0 Å². The lowest BCUT2D eigenvalue weighted by atomic mass is 10.7. The molecule has 0 amide bonds. The fraction of sp³-hybridized carbons (Fsp3) is 0.714. The number of nitrogens with zero attached hydrogens (tertiary/aromatic N) is 2. The standard InChI is InChI=1S/2C3H6N2.CH4O4S/c2*1-2-5-3-4-1;1-5-6(2,3)4/h2*3H,1-2H2,(H,4,5);1H3,(H,2,3,4). The smallest absolute Gasteiger partial charge is 0.375 e. The molecule has 9 heteroatoms. The summed E-state index contributed by atoms with van der Waals surface area (Å²) in [5, 5.41) is 5.86. The average molecular weight is 252 g/mol. The van der Waals surface area contributed by atoms with Crippen molar-refractivity contribution < 1.29 is 17.2 Å². The van der Waals surface area contributed by atoms with Crippen LogP contribution in [0.15, 0.2) is 9.98 Å². The third-order valence-corrected chi connectivity index (χ3v) is 1.77. The molecule has 8 nitrogen and oxygen atoms in total. The van der Waals surface area contributed by atoms with E-state index in [2.05, 4.69) is 24.8 Å². The highest BCUT2D eigenvalue weighted by atomic mass is 32.3. The second kappa shape index (κ2) is 9.07. The molecule has 0 fully saturated rings. The maximum Gasteiger partial charge on any atom is 0.397 e. The number of aliphatic imine (C=N–C) groups is 2. The topological polar surface area (TPSA) is 112 Å². The summed E-state index contributed by atoms with van der Waals surface area (Å²) in [7, 11) is -3.29. The van der Waals surface area contributed by atoms with E-state index in [9.17, 15) is 8.42 Å². The molecular formula is C7H16N4O4S. The van der Waals surface area contributed by atoms with Crippen LogP contribution in [0.4, 0.5) is 0 Å². The molecule has 0 saturated heterocycles.